The highest BCUT2D eigenvalue weighted by atomic mass is 79.9. The Morgan fingerprint density at radius 2 is 1.87 bits per heavy atom. The Morgan fingerprint density at radius 1 is 1.13 bits per heavy atom. The molecule has 1 heterocycles. The summed E-state index contributed by atoms with van der Waals surface area (Å²) >= 11 is 3.38. The van der Waals surface area contributed by atoms with Gasteiger partial charge >= 0.3 is 0 Å². The normalized spacial score (nSPS) is 11.2. The van der Waals surface area contributed by atoms with Crippen LogP contribution in [0.15, 0.2) is 62.4 Å². The zero-order valence-electron chi connectivity index (χ0n) is 16.7. The van der Waals surface area contributed by atoms with Crippen LogP contribution in [0.25, 0.3) is 0 Å². The molecule has 0 fully saturated rings. The number of rotatable bonds is 9. The first-order valence-electron chi connectivity index (χ1n) is 9.07. The van der Waals surface area contributed by atoms with Crippen LogP contribution in [0, 0.1) is 6.92 Å². The van der Waals surface area contributed by atoms with Crippen molar-refractivity contribution in [2.45, 2.75) is 11.8 Å². The van der Waals surface area contributed by atoms with Gasteiger partial charge in [0.25, 0.3) is 15.9 Å². The smallest absolute Gasteiger partial charge is 0.263 e. The van der Waals surface area contributed by atoms with Crippen molar-refractivity contribution in [3.8, 4) is 5.75 Å². The second-order valence-corrected chi connectivity index (χ2v) is 8.93. The quantitative estimate of drug-likeness (QED) is 0.420. The summed E-state index contributed by atoms with van der Waals surface area (Å²) < 4.78 is 43.1. The number of benzene rings is 2. The van der Waals surface area contributed by atoms with Crippen molar-refractivity contribution in [3.63, 3.8) is 0 Å². The zero-order valence-corrected chi connectivity index (χ0v) is 19.1. The van der Waals surface area contributed by atoms with E-state index in [1.165, 1.54) is 30.3 Å². The number of halogens is 1. The van der Waals surface area contributed by atoms with Gasteiger partial charge < -0.3 is 19.3 Å². The van der Waals surface area contributed by atoms with Gasteiger partial charge in [0, 0.05) is 24.4 Å². The van der Waals surface area contributed by atoms with E-state index >= 15 is 0 Å². The molecule has 0 bridgehead atoms. The van der Waals surface area contributed by atoms with Crippen LogP contribution in [0.4, 0.5) is 11.5 Å². The van der Waals surface area contributed by atoms with E-state index in [2.05, 4.69) is 31.1 Å². The molecular formula is C20H20BrN3O6S. The monoisotopic (exact) mass is 509 g/mol. The molecule has 0 unspecified atom stereocenters. The van der Waals surface area contributed by atoms with E-state index in [1.807, 2.05) is 0 Å². The van der Waals surface area contributed by atoms with Gasteiger partial charge in [0.05, 0.1) is 16.0 Å². The van der Waals surface area contributed by atoms with E-state index in [0.29, 0.717) is 40.4 Å². The molecule has 0 aliphatic rings. The summed E-state index contributed by atoms with van der Waals surface area (Å²) in [6.45, 7) is 2.50. The summed E-state index contributed by atoms with van der Waals surface area (Å²) in [5.41, 5.74) is 0.850. The molecule has 3 aromatic rings. The maximum Gasteiger partial charge on any atom is 0.263 e. The Labute approximate surface area is 187 Å². The van der Waals surface area contributed by atoms with Crippen LogP contribution in [-0.4, -0.2) is 39.8 Å². The standard InChI is InChI=1S/C20H20BrN3O6S/c1-13-11-19(23-30-13)24-31(26,27)16-6-4-15(5-7-16)22-20(25)14-3-8-18(17(21)12-14)29-10-9-28-2/h3-8,11-12H,9-10H2,1-2H3,(H,22,25)(H,23,24). The lowest BCUT2D eigenvalue weighted by atomic mass is 10.2. The fraction of sp³-hybridized carbons (Fsp3) is 0.200. The van der Waals surface area contributed by atoms with Crippen LogP contribution in [0.5, 0.6) is 5.75 Å². The minimum Gasteiger partial charge on any atom is -0.490 e. The van der Waals surface area contributed by atoms with Crippen molar-refractivity contribution in [1.82, 2.24) is 5.16 Å². The van der Waals surface area contributed by atoms with Gasteiger partial charge in [0.1, 0.15) is 18.1 Å². The average Bonchev–Trinajstić information content (AvgIpc) is 3.13. The lowest BCUT2D eigenvalue weighted by Gasteiger charge is -2.10. The van der Waals surface area contributed by atoms with Crippen LogP contribution in [0.3, 0.4) is 0 Å². The molecule has 0 saturated carbocycles. The molecule has 3 rings (SSSR count). The molecule has 0 aliphatic carbocycles. The van der Waals surface area contributed by atoms with Gasteiger partial charge in [-0.1, -0.05) is 5.16 Å². The van der Waals surface area contributed by atoms with Gasteiger partial charge in [-0.3, -0.25) is 9.52 Å². The second-order valence-electron chi connectivity index (χ2n) is 6.39. The summed E-state index contributed by atoms with van der Waals surface area (Å²) in [5, 5.41) is 6.34. The average molecular weight is 510 g/mol. The molecule has 0 radical (unpaired) electrons. The number of ether oxygens (including phenoxy) is 2. The lowest BCUT2D eigenvalue weighted by molar-refractivity contribution is 0.102. The number of nitrogens with zero attached hydrogens (tertiary/aromatic N) is 1. The van der Waals surface area contributed by atoms with Gasteiger partial charge in [-0.15, -0.1) is 0 Å². The lowest BCUT2D eigenvalue weighted by Crippen LogP contribution is -2.14. The van der Waals surface area contributed by atoms with Gasteiger partial charge in [-0.2, -0.15) is 0 Å². The van der Waals surface area contributed by atoms with Crippen molar-refractivity contribution in [3.05, 3.63) is 64.3 Å². The third-order valence-corrected chi connectivity index (χ3v) is 6.02. The van der Waals surface area contributed by atoms with Crippen molar-refractivity contribution >= 4 is 43.4 Å². The highest BCUT2D eigenvalue weighted by Crippen LogP contribution is 2.26. The van der Waals surface area contributed by atoms with Crippen LogP contribution in [0.1, 0.15) is 16.1 Å². The summed E-state index contributed by atoms with van der Waals surface area (Å²) in [4.78, 5) is 12.5. The Kier molecular flexibility index (Phi) is 7.31. The predicted octanol–water partition coefficient (Wildman–Crippen LogP) is 3.82. The molecule has 9 nitrogen and oxygen atoms in total. The predicted molar refractivity (Wildman–Crippen MR) is 118 cm³/mol. The summed E-state index contributed by atoms with van der Waals surface area (Å²) in [5.74, 6) is 0.820. The molecule has 0 saturated heterocycles. The number of hydrogen-bond acceptors (Lipinski definition) is 7. The van der Waals surface area contributed by atoms with E-state index in [1.54, 1.807) is 32.2 Å². The number of aryl methyl sites for hydroxylation is 1. The molecule has 1 aromatic heterocycles. The first-order chi connectivity index (χ1) is 14.8. The Hall–Kier alpha value is -2.89. The van der Waals surface area contributed by atoms with Crippen molar-refractivity contribution in [2.75, 3.05) is 30.4 Å². The number of hydrogen-bond donors (Lipinski definition) is 2. The van der Waals surface area contributed by atoms with Gasteiger partial charge in [-0.05, 0) is 65.3 Å². The molecule has 0 spiro atoms. The molecule has 1 amide bonds. The summed E-state index contributed by atoms with van der Waals surface area (Å²) in [7, 11) is -2.25. The minimum absolute atomic E-state index is 0.0199. The summed E-state index contributed by atoms with van der Waals surface area (Å²) in [6, 6.07) is 12.2. The van der Waals surface area contributed by atoms with E-state index in [9.17, 15) is 13.2 Å². The molecule has 31 heavy (non-hydrogen) atoms. The largest absolute Gasteiger partial charge is 0.490 e. The van der Waals surface area contributed by atoms with E-state index in [-0.39, 0.29) is 16.6 Å². The number of aromatic nitrogens is 1. The van der Waals surface area contributed by atoms with E-state index in [0.717, 1.165) is 0 Å². The first kappa shape index (κ1) is 22.8. The number of carbonyl (C=O) groups excluding carboxylic acids is 1. The minimum atomic E-state index is -3.83. The highest BCUT2D eigenvalue weighted by molar-refractivity contribution is 9.10. The molecule has 164 valence electrons. The Balaban J connectivity index is 1.65. The third kappa shape index (κ3) is 6.06. The SMILES string of the molecule is COCCOc1ccc(C(=O)Nc2ccc(S(=O)(=O)Nc3cc(C)on3)cc2)cc1Br. The van der Waals surface area contributed by atoms with Crippen LogP contribution >= 0.6 is 15.9 Å². The van der Waals surface area contributed by atoms with Gasteiger partial charge in [0.2, 0.25) is 0 Å². The number of nitrogens with one attached hydrogen (secondary N) is 2. The number of sulfonamides is 1. The van der Waals surface area contributed by atoms with Crippen LogP contribution in [-0.2, 0) is 14.8 Å². The maximum atomic E-state index is 12.5. The number of anilines is 2. The fourth-order valence-electron chi connectivity index (χ4n) is 2.53. The molecule has 11 heteroatoms. The topological polar surface area (TPSA) is 120 Å². The van der Waals surface area contributed by atoms with Crippen LogP contribution < -0.4 is 14.8 Å². The number of carbonyl (C=O) groups is 1. The molecule has 0 aliphatic heterocycles. The third-order valence-electron chi connectivity index (χ3n) is 4.03. The molecule has 2 N–H and O–H groups in total. The molecular weight excluding hydrogens is 490 g/mol. The molecule has 2 aromatic carbocycles. The van der Waals surface area contributed by atoms with Crippen LogP contribution in [0.2, 0.25) is 0 Å². The maximum absolute atomic E-state index is 12.5. The molecule has 0 atom stereocenters. The highest BCUT2D eigenvalue weighted by Gasteiger charge is 2.17. The van der Waals surface area contributed by atoms with Gasteiger partial charge in [0.15, 0.2) is 5.82 Å². The fourth-order valence-corrected chi connectivity index (χ4v) is 4.00. The van der Waals surface area contributed by atoms with Crippen molar-refractivity contribution < 1.29 is 27.2 Å². The Morgan fingerprint density at radius 3 is 2.48 bits per heavy atom. The van der Waals surface area contributed by atoms with E-state index in [4.69, 9.17) is 14.0 Å². The zero-order chi connectivity index (χ0) is 22.4. The number of methoxy groups -OCH3 is 1. The van der Waals surface area contributed by atoms with Gasteiger partial charge in [-0.25, -0.2) is 8.42 Å². The Bertz CT molecular complexity index is 1160. The first-order valence-corrected chi connectivity index (χ1v) is 11.3. The van der Waals surface area contributed by atoms with E-state index < -0.39 is 10.0 Å². The summed E-state index contributed by atoms with van der Waals surface area (Å²) in [6.07, 6.45) is 0. The van der Waals surface area contributed by atoms with Crippen molar-refractivity contribution in [1.29, 1.82) is 0 Å². The second kappa shape index (κ2) is 9.94. The number of amides is 1. The van der Waals surface area contributed by atoms with Crippen molar-refractivity contribution in [2.24, 2.45) is 0 Å².